The number of carbonyl (C=O) groups excluding carboxylic acids is 1. The third-order valence-electron chi connectivity index (χ3n) is 1.79. The summed E-state index contributed by atoms with van der Waals surface area (Å²) in [6.07, 6.45) is 1.65. The van der Waals surface area contributed by atoms with E-state index in [0.717, 1.165) is 22.5 Å². The van der Waals surface area contributed by atoms with Crippen LogP contribution < -0.4 is 0 Å². The fourth-order valence-corrected chi connectivity index (χ4v) is 1.32. The Balaban J connectivity index is 3.08. The summed E-state index contributed by atoms with van der Waals surface area (Å²) in [7, 11) is 0. The third kappa shape index (κ3) is 2.80. The Morgan fingerprint density at radius 3 is 2.14 bits per heavy atom. The molecule has 74 valence electrons. The molecule has 0 saturated heterocycles. The molecule has 0 saturated carbocycles. The molecular formula is C12H15NO. The average Bonchev–Trinajstić information content (AvgIpc) is 2.00. The number of carbonyl (C=O) groups is 1. The highest BCUT2D eigenvalue weighted by Crippen LogP contribution is 2.07. The van der Waals surface area contributed by atoms with Crippen LogP contribution >= 0.6 is 0 Å². The van der Waals surface area contributed by atoms with Gasteiger partial charge >= 0.3 is 0 Å². The second-order valence-electron chi connectivity index (χ2n) is 3.72. The monoisotopic (exact) mass is 189 g/mol. The number of rotatable bonds is 2. The first kappa shape index (κ1) is 10.6. The highest BCUT2D eigenvalue weighted by Gasteiger charge is 2.03. The molecule has 1 aromatic rings. The lowest BCUT2D eigenvalue weighted by Crippen LogP contribution is -1.98. The summed E-state index contributed by atoms with van der Waals surface area (Å²) in [5.74, 6) is 0.0543. The second kappa shape index (κ2) is 4.18. The molecular weight excluding hydrogens is 174 g/mol. The Morgan fingerprint density at radius 1 is 1.21 bits per heavy atom. The van der Waals surface area contributed by atoms with Crippen LogP contribution in [0.25, 0.3) is 0 Å². The molecule has 1 rings (SSSR count). The molecule has 0 aliphatic rings. The topological polar surface area (TPSA) is 30.0 Å². The summed E-state index contributed by atoms with van der Waals surface area (Å²) >= 11 is 0. The van der Waals surface area contributed by atoms with Gasteiger partial charge in [0, 0.05) is 17.0 Å². The van der Waals surface area contributed by atoms with Crippen molar-refractivity contribution in [3.63, 3.8) is 0 Å². The first-order chi connectivity index (χ1) is 6.49. The van der Waals surface area contributed by atoms with Crippen LogP contribution in [-0.2, 0) is 0 Å². The molecule has 0 aliphatic heterocycles. The van der Waals surface area contributed by atoms with Crippen molar-refractivity contribution < 1.29 is 4.79 Å². The maximum atomic E-state index is 11.7. The first-order valence-corrected chi connectivity index (χ1v) is 4.63. The van der Waals surface area contributed by atoms with E-state index in [2.05, 4.69) is 4.98 Å². The van der Waals surface area contributed by atoms with E-state index in [9.17, 15) is 4.79 Å². The van der Waals surface area contributed by atoms with Gasteiger partial charge in [-0.1, -0.05) is 5.57 Å². The number of aryl methyl sites for hydroxylation is 2. The van der Waals surface area contributed by atoms with Gasteiger partial charge in [-0.3, -0.25) is 9.78 Å². The molecule has 14 heavy (non-hydrogen) atoms. The van der Waals surface area contributed by atoms with Crippen molar-refractivity contribution in [1.82, 2.24) is 4.98 Å². The van der Waals surface area contributed by atoms with E-state index in [4.69, 9.17) is 0 Å². The molecule has 0 aromatic carbocycles. The van der Waals surface area contributed by atoms with Crippen molar-refractivity contribution in [2.75, 3.05) is 0 Å². The SMILES string of the molecule is CC(C)=CC(=O)c1cc(C)nc(C)c1. The maximum absolute atomic E-state index is 11.7. The number of aromatic nitrogens is 1. The van der Waals surface area contributed by atoms with Crippen LogP contribution in [0.5, 0.6) is 0 Å². The summed E-state index contributed by atoms with van der Waals surface area (Å²) < 4.78 is 0. The van der Waals surface area contributed by atoms with Crippen LogP contribution in [-0.4, -0.2) is 10.8 Å². The fraction of sp³-hybridized carbons (Fsp3) is 0.333. The number of hydrogen-bond donors (Lipinski definition) is 0. The lowest BCUT2D eigenvalue weighted by atomic mass is 10.1. The largest absolute Gasteiger partial charge is 0.289 e. The highest BCUT2D eigenvalue weighted by atomic mass is 16.1. The van der Waals surface area contributed by atoms with Gasteiger partial charge in [-0.2, -0.15) is 0 Å². The lowest BCUT2D eigenvalue weighted by molar-refractivity contribution is 0.104. The third-order valence-corrected chi connectivity index (χ3v) is 1.79. The smallest absolute Gasteiger partial charge is 0.185 e. The Morgan fingerprint density at radius 2 is 1.71 bits per heavy atom. The van der Waals surface area contributed by atoms with E-state index in [1.807, 2.05) is 39.8 Å². The molecule has 0 unspecified atom stereocenters. The van der Waals surface area contributed by atoms with Gasteiger partial charge in [0.15, 0.2) is 5.78 Å². The first-order valence-electron chi connectivity index (χ1n) is 4.63. The molecule has 0 bridgehead atoms. The van der Waals surface area contributed by atoms with Crippen molar-refractivity contribution in [2.24, 2.45) is 0 Å². The van der Waals surface area contributed by atoms with E-state index in [1.54, 1.807) is 6.08 Å². The molecule has 0 atom stereocenters. The predicted octanol–water partition coefficient (Wildman–Crippen LogP) is 2.85. The zero-order valence-corrected chi connectivity index (χ0v) is 9.09. The van der Waals surface area contributed by atoms with E-state index in [1.165, 1.54) is 0 Å². The molecule has 0 spiro atoms. The summed E-state index contributed by atoms with van der Waals surface area (Å²) in [6, 6.07) is 3.63. The zero-order chi connectivity index (χ0) is 10.7. The molecule has 0 aliphatic carbocycles. The van der Waals surface area contributed by atoms with E-state index in [0.29, 0.717) is 0 Å². The molecule has 0 N–H and O–H groups in total. The van der Waals surface area contributed by atoms with Gasteiger partial charge in [-0.15, -0.1) is 0 Å². The van der Waals surface area contributed by atoms with Crippen molar-refractivity contribution in [2.45, 2.75) is 27.7 Å². The van der Waals surface area contributed by atoms with Gasteiger partial charge in [0.25, 0.3) is 0 Å². The van der Waals surface area contributed by atoms with Crippen LogP contribution in [0.3, 0.4) is 0 Å². The van der Waals surface area contributed by atoms with Crippen LogP contribution in [0.15, 0.2) is 23.8 Å². The van der Waals surface area contributed by atoms with E-state index >= 15 is 0 Å². The predicted molar refractivity (Wildman–Crippen MR) is 57.5 cm³/mol. The van der Waals surface area contributed by atoms with Crippen molar-refractivity contribution >= 4 is 5.78 Å². The average molecular weight is 189 g/mol. The van der Waals surface area contributed by atoms with Gasteiger partial charge < -0.3 is 0 Å². The number of allylic oxidation sites excluding steroid dienone is 2. The molecule has 2 nitrogen and oxygen atoms in total. The second-order valence-corrected chi connectivity index (χ2v) is 3.72. The zero-order valence-electron chi connectivity index (χ0n) is 9.09. The van der Waals surface area contributed by atoms with Crippen molar-refractivity contribution in [1.29, 1.82) is 0 Å². The van der Waals surface area contributed by atoms with Crippen LogP contribution in [0.1, 0.15) is 35.6 Å². The van der Waals surface area contributed by atoms with Crippen LogP contribution in [0.2, 0.25) is 0 Å². The van der Waals surface area contributed by atoms with Gasteiger partial charge in [-0.05, 0) is 45.9 Å². The molecule has 0 radical (unpaired) electrons. The van der Waals surface area contributed by atoms with E-state index in [-0.39, 0.29) is 5.78 Å². The molecule has 1 aromatic heterocycles. The minimum atomic E-state index is 0.0543. The number of ketones is 1. The Kier molecular flexibility index (Phi) is 3.18. The van der Waals surface area contributed by atoms with Crippen LogP contribution in [0, 0.1) is 13.8 Å². The van der Waals surface area contributed by atoms with Gasteiger partial charge in [0.05, 0.1) is 0 Å². The lowest BCUT2D eigenvalue weighted by Gasteiger charge is -2.00. The Bertz CT molecular complexity index is 367. The number of nitrogens with zero attached hydrogens (tertiary/aromatic N) is 1. The normalized spacial score (nSPS) is 9.71. The highest BCUT2D eigenvalue weighted by molar-refractivity contribution is 6.04. The Hall–Kier alpha value is -1.44. The molecule has 2 heteroatoms. The molecule has 0 fully saturated rings. The number of pyridine rings is 1. The van der Waals surface area contributed by atoms with Crippen LogP contribution in [0.4, 0.5) is 0 Å². The maximum Gasteiger partial charge on any atom is 0.185 e. The minimum Gasteiger partial charge on any atom is -0.289 e. The number of hydrogen-bond acceptors (Lipinski definition) is 2. The Labute approximate surface area is 84.7 Å². The van der Waals surface area contributed by atoms with Crippen molar-refractivity contribution in [3.05, 3.63) is 40.7 Å². The summed E-state index contributed by atoms with van der Waals surface area (Å²) in [6.45, 7) is 7.62. The van der Waals surface area contributed by atoms with E-state index < -0.39 is 0 Å². The summed E-state index contributed by atoms with van der Waals surface area (Å²) in [5.41, 5.74) is 3.50. The molecule has 0 amide bonds. The minimum absolute atomic E-state index is 0.0543. The van der Waals surface area contributed by atoms with Crippen molar-refractivity contribution in [3.8, 4) is 0 Å². The summed E-state index contributed by atoms with van der Waals surface area (Å²) in [4.78, 5) is 15.9. The van der Waals surface area contributed by atoms with Gasteiger partial charge in [-0.25, -0.2) is 0 Å². The van der Waals surface area contributed by atoms with Gasteiger partial charge in [0.2, 0.25) is 0 Å². The quantitative estimate of drug-likeness (QED) is 0.529. The fourth-order valence-electron chi connectivity index (χ4n) is 1.32. The standard InChI is InChI=1S/C12H15NO/c1-8(2)5-12(14)11-6-9(3)13-10(4)7-11/h5-7H,1-4H3. The van der Waals surface area contributed by atoms with Gasteiger partial charge in [0.1, 0.15) is 0 Å². The summed E-state index contributed by atoms with van der Waals surface area (Å²) in [5, 5.41) is 0. The molecule has 1 heterocycles.